The maximum Gasteiger partial charge on any atom is 0.472 e. The lowest BCUT2D eigenvalue weighted by atomic mass is 10.1. The van der Waals surface area contributed by atoms with Crippen LogP contribution in [-0.2, 0) is 27.9 Å². The zero-order chi connectivity index (χ0) is 34.7. The number of nitrogens with one attached hydrogen (secondary N) is 1. The van der Waals surface area contributed by atoms with Crippen molar-refractivity contribution in [3.05, 3.63) is 36.5 Å². The first-order chi connectivity index (χ1) is 22.8. The van der Waals surface area contributed by atoms with E-state index in [4.69, 9.17) is 13.8 Å². The van der Waals surface area contributed by atoms with Gasteiger partial charge in [0.1, 0.15) is 12.7 Å². The fourth-order valence-electron chi connectivity index (χ4n) is 4.68. The molecule has 1 amide bonds. The Balaban J connectivity index is 3.67. The zero-order valence-corrected chi connectivity index (χ0v) is 30.6. The minimum atomic E-state index is -4.41. The summed E-state index contributed by atoms with van der Waals surface area (Å²) in [5.74, 6) is -0.543. The fourth-order valence-corrected chi connectivity index (χ4v) is 5.44. The molecule has 0 spiro atoms. The molecule has 0 aliphatic carbocycles. The molecule has 10 heteroatoms. The van der Waals surface area contributed by atoms with Crippen LogP contribution in [0.2, 0.25) is 0 Å². The van der Waals surface area contributed by atoms with Crippen LogP contribution in [0.1, 0.15) is 155 Å². The monoisotopic (exact) mass is 685 g/mol. The lowest BCUT2D eigenvalue weighted by molar-refractivity contribution is -0.147. The van der Waals surface area contributed by atoms with Gasteiger partial charge in [-0.3, -0.25) is 18.6 Å². The summed E-state index contributed by atoms with van der Waals surface area (Å²) in [4.78, 5) is 33.7. The summed E-state index contributed by atoms with van der Waals surface area (Å²) in [6.45, 7) is 3.44. The van der Waals surface area contributed by atoms with E-state index >= 15 is 0 Å². The third kappa shape index (κ3) is 35.4. The molecule has 47 heavy (non-hydrogen) atoms. The van der Waals surface area contributed by atoms with Crippen molar-refractivity contribution in [1.82, 2.24) is 5.32 Å². The lowest BCUT2D eigenvalue weighted by Crippen LogP contribution is -2.27. The smallest absolute Gasteiger partial charge is 0.463 e. The van der Waals surface area contributed by atoms with E-state index in [0.717, 1.165) is 83.5 Å². The predicted octanol–water partition coefficient (Wildman–Crippen LogP) is 9.43. The molecule has 0 saturated heterocycles. The van der Waals surface area contributed by atoms with Gasteiger partial charge in [-0.25, -0.2) is 4.57 Å². The average molecular weight is 686 g/mol. The van der Waals surface area contributed by atoms with Crippen LogP contribution in [0, 0.1) is 0 Å². The molecule has 2 atom stereocenters. The van der Waals surface area contributed by atoms with Crippen molar-refractivity contribution < 1.29 is 37.9 Å². The predicted molar refractivity (Wildman–Crippen MR) is 192 cm³/mol. The maximum absolute atomic E-state index is 12.0. The van der Waals surface area contributed by atoms with Crippen molar-refractivity contribution in [2.24, 2.45) is 0 Å². The Hall–Kier alpha value is -1.77. The minimum absolute atomic E-state index is 0.0750. The summed E-state index contributed by atoms with van der Waals surface area (Å²) in [5.41, 5.74) is 0. The van der Waals surface area contributed by atoms with Crippen molar-refractivity contribution in [3.63, 3.8) is 0 Å². The van der Waals surface area contributed by atoms with Gasteiger partial charge in [0.15, 0.2) is 0 Å². The van der Waals surface area contributed by atoms with Crippen molar-refractivity contribution in [2.45, 2.75) is 161 Å². The number of aliphatic hydroxyl groups excluding tert-OH is 1. The van der Waals surface area contributed by atoms with Gasteiger partial charge in [0, 0.05) is 19.4 Å². The number of carbonyl (C=O) groups excluding carboxylic acids is 2. The van der Waals surface area contributed by atoms with Gasteiger partial charge in [-0.1, -0.05) is 115 Å². The maximum atomic E-state index is 12.0. The van der Waals surface area contributed by atoms with Crippen molar-refractivity contribution >= 4 is 19.7 Å². The van der Waals surface area contributed by atoms with Crippen molar-refractivity contribution in [1.29, 1.82) is 0 Å². The number of rotatable bonds is 34. The van der Waals surface area contributed by atoms with Crippen LogP contribution >= 0.6 is 7.82 Å². The molecule has 0 radical (unpaired) electrons. The summed E-state index contributed by atoms with van der Waals surface area (Å²) >= 11 is 0. The molecule has 0 aliphatic heterocycles. The van der Waals surface area contributed by atoms with Gasteiger partial charge in [0.2, 0.25) is 5.91 Å². The van der Waals surface area contributed by atoms with Crippen LogP contribution in [0.4, 0.5) is 0 Å². The SMILES string of the molecule is CCCC/C=C\C/C=C\CCCCCCCC(=O)OCC(O)COP(=O)(O)OCCNC(=O)CCCCCCC/C=C\CCCCC. The van der Waals surface area contributed by atoms with Gasteiger partial charge in [-0.05, 0) is 64.2 Å². The second kappa shape index (κ2) is 34.1. The first-order valence-electron chi connectivity index (χ1n) is 18.5. The zero-order valence-electron chi connectivity index (χ0n) is 29.7. The van der Waals surface area contributed by atoms with Crippen LogP contribution in [0.5, 0.6) is 0 Å². The van der Waals surface area contributed by atoms with Crippen LogP contribution in [0.3, 0.4) is 0 Å². The number of unbranched alkanes of at least 4 members (excludes halogenated alkanes) is 15. The molecule has 9 nitrogen and oxygen atoms in total. The Morgan fingerprint density at radius 3 is 1.79 bits per heavy atom. The Morgan fingerprint density at radius 1 is 0.660 bits per heavy atom. The molecule has 0 rings (SSSR count). The Bertz CT molecular complexity index is 876. The van der Waals surface area contributed by atoms with Gasteiger partial charge < -0.3 is 20.1 Å². The number of esters is 1. The Kier molecular flexibility index (Phi) is 32.8. The molecule has 2 unspecified atom stereocenters. The number of phosphoric acid groups is 1. The molecule has 3 N–H and O–H groups in total. The second-order valence-electron chi connectivity index (χ2n) is 12.2. The Labute approximate surface area is 286 Å². The van der Waals surface area contributed by atoms with Crippen LogP contribution in [0.25, 0.3) is 0 Å². The molecule has 0 fully saturated rings. The van der Waals surface area contributed by atoms with E-state index in [0.29, 0.717) is 6.42 Å². The number of aliphatic hydroxyl groups is 1. The fraction of sp³-hybridized carbons (Fsp3) is 0.784. The van der Waals surface area contributed by atoms with E-state index in [-0.39, 0.29) is 32.1 Å². The quantitative estimate of drug-likeness (QED) is 0.0264. The Morgan fingerprint density at radius 2 is 1.17 bits per heavy atom. The van der Waals surface area contributed by atoms with E-state index in [2.05, 4.69) is 55.6 Å². The van der Waals surface area contributed by atoms with Gasteiger partial charge in [-0.15, -0.1) is 0 Å². The molecular weight excluding hydrogens is 617 g/mol. The number of amides is 1. The van der Waals surface area contributed by atoms with Gasteiger partial charge in [0.05, 0.1) is 13.2 Å². The standard InChI is InChI=1S/C37H68NO8P/c1-3-5-7-9-11-13-15-17-18-20-22-24-26-28-30-37(41)44-33-35(39)34-46-47(42,43)45-32-31-38-36(40)29-27-25-23-21-19-16-14-12-10-8-6-4-2/h9,11-12,14-15,17,35,39H,3-8,10,13,16,18-34H2,1-2H3,(H,38,40)(H,42,43)/b11-9-,14-12-,17-15-. The molecular formula is C37H68NO8P. The molecule has 0 aromatic rings. The van der Waals surface area contributed by atoms with Gasteiger partial charge >= 0.3 is 13.8 Å². The third-order valence-corrected chi connectivity index (χ3v) is 8.53. The number of allylic oxidation sites excluding steroid dienone is 6. The number of carbonyl (C=O) groups is 2. The van der Waals surface area contributed by atoms with E-state index in [1.54, 1.807) is 0 Å². The normalized spacial score (nSPS) is 13.9. The number of hydrogen-bond acceptors (Lipinski definition) is 7. The summed E-state index contributed by atoms with van der Waals surface area (Å²) in [7, 11) is -4.41. The van der Waals surface area contributed by atoms with E-state index < -0.39 is 26.5 Å². The number of hydrogen-bond donors (Lipinski definition) is 3. The molecule has 0 heterocycles. The van der Waals surface area contributed by atoms with Crippen molar-refractivity contribution in [2.75, 3.05) is 26.4 Å². The highest BCUT2D eigenvalue weighted by molar-refractivity contribution is 7.47. The summed E-state index contributed by atoms with van der Waals surface area (Å²) in [6.07, 6.45) is 35.0. The largest absolute Gasteiger partial charge is 0.472 e. The first kappa shape index (κ1) is 45.2. The molecule has 274 valence electrons. The van der Waals surface area contributed by atoms with E-state index in [1.165, 1.54) is 44.9 Å². The summed E-state index contributed by atoms with van der Waals surface area (Å²) < 4.78 is 26.7. The molecule has 0 saturated carbocycles. The number of phosphoric ester groups is 1. The molecule has 0 bridgehead atoms. The highest BCUT2D eigenvalue weighted by Gasteiger charge is 2.23. The lowest BCUT2D eigenvalue weighted by Gasteiger charge is -2.15. The van der Waals surface area contributed by atoms with Crippen LogP contribution in [0.15, 0.2) is 36.5 Å². The molecule has 0 aromatic carbocycles. The average Bonchev–Trinajstić information content (AvgIpc) is 3.05. The van der Waals surface area contributed by atoms with Gasteiger partial charge in [-0.2, -0.15) is 0 Å². The first-order valence-corrected chi connectivity index (χ1v) is 20.0. The minimum Gasteiger partial charge on any atom is -0.463 e. The number of ether oxygens (including phenoxy) is 1. The van der Waals surface area contributed by atoms with Crippen molar-refractivity contribution in [3.8, 4) is 0 Å². The summed E-state index contributed by atoms with van der Waals surface area (Å²) in [6, 6.07) is 0. The second-order valence-corrected chi connectivity index (χ2v) is 13.6. The highest BCUT2D eigenvalue weighted by atomic mass is 31.2. The topological polar surface area (TPSA) is 131 Å². The van der Waals surface area contributed by atoms with E-state index in [9.17, 15) is 24.2 Å². The third-order valence-electron chi connectivity index (χ3n) is 7.54. The van der Waals surface area contributed by atoms with Crippen LogP contribution in [-0.4, -0.2) is 54.3 Å². The summed E-state index contributed by atoms with van der Waals surface area (Å²) in [5, 5.41) is 12.6. The molecule has 0 aromatic heterocycles. The highest BCUT2D eigenvalue weighted by Crippen LogP contribution is 2.42. The van der Waals surface area contributed by atoms with Gasteiger partial charge in [0.25, 0.3) is 0 Å². The van der Waals surface area contributed by atoms with E-state index in [1.807, 2.05) is 0 Å². The molecule has 0 aliphatic rings. The van der Waals surface area contributed by atoms with Crippen LogP contribution < -0.4 is 5.32 Å².